The van der Waals surface area contributed by atoms with Gasteiger partial charge in [-0.1, -0.05) is 0 Å². The topological polar surface area (TPSA) is 136 Å². The number of sulfonamides is 1. The molecule has 1 rings (SSSR count). The molecule has 0 aromatic heterocycles. The third-order valence-electron chi connectivity index (χ3n) is 2.26. The number of benzene rings is 1. The van der Waals surface area contributed by atoms with Crippen molar-refractivity contribution in [1.82, 2.24) is 0 Å². The van der Waals surface area contributed by atoms with Crippen molar-refractivity contribution >= 4 is 27.4 Å². The second kappa shape index (κ2) is 6.19. The van der Waals surface area contributed by atoms with Crippen LogP contribution in [0.25, 0.3) is 0 Å². The highest BCUT2D eigenvalue weighted by atomic mass is 32.2. The maximum absolute atomic E-state index is 11.7. The number of non-ortho nitro benzene ring substituents is 1. The third-order valence-corrected chi connectivity index (χ3v) is 3.53. The molecule has 0 spiro atoms. The van der Waals surface area contributed by atoms with E-state index in [4.69, 9.17) is 0 Å². The van der Waals surface area contributed by atoms with E-state index in [-0.39, 0.29) is 17.8 Å². The molecule has 0 aliphatic heterocycles. The lowest BCUT2D eigenvalue weighted by Gasteiger charge is -2.08. The quantitative estimate of drug-likeness (QED) is 0.340. The Morgan fingerprint density at radius 2 is 2.15 bits per heavy atom. The molecule has 9 nitrogen and oxygen atoms in total. The van der Waals surface area contributed by atoms with Gasteiger partial charge in [0.05, 0.1) is 29.9 Å². The van der Waals surface area contributed by atoms with Gasteiger partial charge in [-0.3, -0.25) is 19.6 Å². The first-order chi connectivity index (χ1) is 9.25. The first-order valence-electron chi connectivity index (χ1n) is 5.30. The number of phenols is 1. The van der Waals surface area contributed by atoms with Gasteiger partial charge in [0.15, 0.2) is 0 Å². The first kappa shape index (κ1) is 15.7. The molecular formula is C10H12N2O7S. The third kappa shape index (κ3) is 4.39. The number of nitrogens with zero attached hydrogens (tertiary/aromatic N) is 1. The second-order valence-electron chi connectivity index (χ2n) is 3.71. The highest BCUT2D eigenvalue weighted by molar-refractivity contribution is 7.92. The number of esters is 1. The molecule has 0 radical (unpaired) electrons. The number of hydrogen-bond acceptors (Lipinski definition) is 7. The van der Waals surface area contributed by atoms with Gasteiger partial charge in [-0.25, -0.2) is 8.42 Å². The molecule has 2 N–H and O–H groups in total. The number of nitrogens with one attached hydrogen (secondary N) is 1. The lowest BCUT2D eigenvalue weighted by molar-refractivity contribution is -0.384. The van der Waals surface area contributed by atoms with Crippen LogP contribution in [0.3, 0.4) is 0 Å². The summed E-state index contributed by atoms with van der Waals surface area (Å²) >= 11 is 0. The molecule has 0 bridgehead atoms. The molecule has 0 fully saturated rings. The summed E-state index contributed by atoms with van der Waals surface area (Å²) in [5.41, 5.74) is -0.711. The number of ether oxygens (including phenoxy) is 1. The van der Waals surface area contributed by atoms with Crippen LogP contribution in [0, 0.1) is 10.1 Å². The fourth-order valence-corrected chi connectivity index (χ4v) is 2.29. The van der Waals surface area contributed by atoms with Gasteiger partial charge < -0.3 is 9.84 Å². The predicted molar refractivity (Wildman–Crippen MR) is 68.8 cm³/mol. The first-order valence-corrected chi connectivity index (χ1v) is 6.95. The summed E-state index contributed by atoms with van der Waals surface area (Å²) in [7, 11) is -2.82. The number of phenolic OH excluding ortho intramolecular Hbond substituents is 1. The van der Waals surface area contributed by atoms with Gasteiger partial charge in [0.2, 0.25) is 10.0 Å². The zero-order valence-corrected chi connectivity index (χ0v) is 11.2. The Labute approximate surface area is 114 Å². The minimum Gasteiger partial charge on any atom is -0.506 e. The van der Waals surface area contributed by atoms with Gasteiger partial charge in [-0.05, 0) is 6.07 Å². The number of carbonyl (C=O) groups excluding carboxylic acids is 1. The molecule has 0 atom stereocenters. The standard InChI is InChI=1S/C10H12N2O7S/c1-19-10(14)4-5-20(17,18)11-8-6-7(12(15)16)2-3-9(8)13/h2-3,6,11,13H,4-5H2,1H3. The van der Waals surface area contributed by atoms with Gasteiger partial charge in [0.25, 0.3) is 5.69 Å². The van der Waals surface area contributed by atoms with Crippen LogP contribution in [0.4, 0.5) is 11.4 Å². The lowest BCUT2D eigenvalue weighted by Crippen LogP contribution is -2.19. The molecule has 0 saturated heterocycles. The van der Waals surface area contributed by atoms with E-state index in [2.05, 4.69) is 4.74 Å². The Morgan fingerprint density at radius 1 is 1.50 bits per heavy atom. The molecule has 10 heteroatoms. The zero-order chi connectivity index (χ0) is 15.3. The van der Waals surface area contributed by atoms with Crippen LogP contribution in [-0.2, 0) is 19.6 Å². The van der Waals surface area contributed by atoms with Crippen molar-refractivity contribution in [3.05, 3.63) is 28.3 Å². The van der Waals surface area contributed by atoms with Crippen LogP contribution in [0.5, 0.6) is 5.75 Å². The second-order valence-corrected chi connectivity index (χ2v) is 5.55. The van der Waals surface area contributed by atoms with E-state index in [1.165, 1.54) is 0 Å². The fraction of sp³-hybridized carbons (Fsp3) is 0.300. The molecule has 1 aromatic carbocycles. The van der Waals surface area contributed by atoms with Crippen LogP contribution < -0.4 is 4.72 Å². The molecule has 0 aliphatic rings. The molecule has 20 heavy (non-hydrogen) atoms. The van der Waals surface area contributed by atoms with Gasteiger partial charge in [-0.2, -0.15) is 0 Å². The molecule has 0 amide bonds. The SMILES string of the molecule is COC(=O)CCS(=O)(=O)Nc1cc([N+](=O)[O-])ccc1O. The summed E-state index contributed by atoms with van der Waals surface area (Å²) in [5, 5.41) is 20.0. The van der Waals surface area contributed by atoms with E-state index < -0.39 is 32.4 Å². The van der Waals surface area contributed by atoms with Crippen LogP contribution in [-0.4, -0.2) is 37.3 Å². The summed E-state index contributed by atoms with van der Waals surface area (Å²) in [4.78, 5) is 20.7. The van der Waals surface area contributed by atoms with Gasteiger partial charge in [-0.15, -0.1) is 0 Å². The smallest absolute Gasteiger partial charge is 0.306 e. The van der Waals surface area contributed by atoms with Gasteiger partial charge in [0.1, 0.15) is 5.75 Å². The zero-order valence-electron chi connectivity index (χ0n) is 10.4. The van der Waals surface area contributed by atoms with Crippen molar-refractivity contribution in [2.75, 3.05) is 17.6 Å². The van der Waals surface area contributed by atoms with Crippen molar-refractivity contribution in [1.29, 1.82) is 0 Å². The number of anilines is 1. The Hall–Kier alpha value is -2.36. The average molecular weight is 304 g/mol. The lowest BCUT2D eigenvalue weighted by atomic mass is 10.2. The molecule has 0 heterocycles. The summed E-state index contributed by atoms with van der Waals surface area (Å²) in [6, 6.07) is 2.91. The van der Waals surface area contributed by atoms with Crippen molar-refractivity contribution in [2.45, 2.75) is 6.42 Å². The normalized spacial score (nSPS) is 10.8. The molecule has 110 valence electrons. The van der Waals surface area contributed by atoms with Crippen LogP contribution in [0.15, 0.2) is 18.2 Å². The highest BCUT2D eigenvalue weighted by Crippen LogP contribution is 2.28. The number of aromatic hydroxyl groups is 1. The van der Waals surface area contributed by atoms with Crippen LogP contribution >= 0.6 is 0 Å². The van der Waals surface area contributed by atoms with Crippen molar-refractivity contribution in [3.63, 3.8) is 0 Å². The Morgan fingerprint density at radius 3 is 2.70 bits per heavy atom. The largest absolute Gasteiger partial charge is 0.506 e. The Bertz CT molecular complexity index is 626. The van der Waals surface area contributed by atoms with E-state index in [1.807, 2.05) is 4.72 Å². The number of carbonyl (C=O) groups is 1. The van der Waals surface area contributed by atoms with Gasteiger partial charge >= 0.3 is 5.97 Å². The number of hydrogen-bond donors (Lipinski definition) is 2. The van der Waals surface area contributed by atoms with Crippen molar-refractivity contribution in [2.24, 2.45) is 0 Å². The average Bonchev–Trinajstić information content (AvgIpc) is 2.38. The van der Waals surface area contributed by atoms with E-state index in [1.54, 1.807) is 0 Å². The summed E-state index contributed by atoms with van der Waals surface area (Å²) in [5.74, 6) is -1.74. The predicted octanol–water partition coefficient (Wildman–Crippen LogP) is 0.605. The molecule has 1 aromatic rings. The van der Waals surface area contributed by atoms with E-state index >= 15 is 0 Å². The number of methoxy groups -OCH3 is 1. The molecular weight excluding hydrogens is 292 g/mol. The summed E-state index contributed by atoms with van der Waals surface area (Å²) in [6.45, 7) is 0. The molecule has 0 saturated carbocycles. The Balaban J connectivity index is 2.89. The molecule has 0 aliphatic carbocycles. The minimum atomic E-state index is -3.94. The van der Waals surface area contributed by atoms with E-state index in [0.717, 1.165) is 25.3 Å². The summed E-state index contributed by atoms with van der Waals surface area (Å²) in [6.07, 6.45) is -0.373. The fourth-order valence-electron chi connectivity index (χ4n) is 1.26. The van der Waals surface area contributed by atoms with Crippen molar-refractivity contribution < 1.29 is 28.0 Å². The number of nitro benzene ring substituents is 1. The minimum absolute atomic E-state index is 0.330. The van der Waals surface area contributed by atoms with E-state index in [0.29, 0.717) is 0 Å². The van der Waals surface area contributed by atoms with Crippen LogP contribution in [0.2, 0.25) is 0 Å². The Kier molecular flexibility index (Phi) is 4.86. The highest BCUT2D eigenvalue weighted by Gasteiger charge is 2.18. The maximum atomic E-state index is 11.7. The van der Waals surface area contributed by atoms with Crippen molar-refractivity contribution in [3.8, 4) is 5.75 Å². The number of nitro groups is 1. The van der Waals surface area contributed by atoms with E-state index in [9.17, 15) is 28.4 Å². The molecule has 0 unspecified atom stereocenters. The monoisotopic (exact) mass is 304 g/mol. The van der Waals surface area contributed by atoms with Gasteiger partial charge in [0, 0.05) is 12.1 Å². The maximum Gasteiger partial charge on any atom is 0.306 e. The summed E-state index contributed by atoms with van der Waals surface area (Å²) < 4.78 is 29.6. The van der Waals surface area contributed by atoms with Crippen LogP contribution in [0.1, 0.15) is 6.42 Å². The number of rotatable bonds is 6.